The minimum absolute atomic E-state index is 0.0845. The van der Waals surface area contributed by atoms with E-state index < -0.39 is 10.0 Å². The molecule has 116 valence electrons. The van der Waals surface area contributed by atoms with Crippen LogP contribution < -0.4 is 4.90 Å². The lowest BCUT2D eigenvalue weighted by atomic mass is 9.90. The summed E-state index contributed by atoms with van der Waals surface area (Å²) in [5.74, 6) is 0. The molecule has 1 heterocycles. The fourth-order valence-corrected chi connectivity index (χ4v) is 4.51. The van der Waals surface area contributed by atoms with Crippen molar-refractivity contribution in [1.29, 1.82) is 0 Å². The zero-order chi connectivity index (χ0) is 15.2. The maximum absolute atomic E-state index is 12.7. The van der Waals surface area contributed by atoms with Crippen LogP contribution in [0, 0.1) is 0 Å². The fourth-order valence-electron chi connectivity index (χ4n) is 3.12. The molecule has 0 aromatic heterocycles. The fraction of sp³-hybridized carbons (Fsp3) is 0.600. The average molecular weight is 310 g/mol. The summed E-state index contributed by atoms with van der Waals surface area (Å²) < 4.78 is 26.8. The molecule has 2 aliphatic rings. The van der Waals surface area contributed by atoms with Crippen molar-refractivity contribution in [3.05, 3.63) is 23.8 Å². The summed E-state index contributed by atoms with van der Waals surface area (Å²) in [6.07, 6.45) is 2.81. The first-order valence-electron chi connectivity index (χ1n) is 7.40. The molecular weight excluding hydrogens is 288 g/mol. The molecule has 0 amide bonds. The zero-order valence-corrected chi connectivity index (χ0v) is 13.3. The average Bonchev–Trinajstić information content (AvgIpc) is 2.43. The Morgan fingerprint density at radius 2 is 2.05 bits per heavy atom. The van der Waals surface area contributed by atoms with Crippen molar-refractivity contribution in [2.24, 2.45) is 0 Å². The van der Waals surface area contributed by atoms with Gasteiger partial charge < -0.3 is 10.0 Å². The Bertz CT molecular complexity index is 638. The van der Waals surface area contributed by atoms with Crippen LogP contribution in [0.2, 0.25) is 0 Å². The van der Waals surface area contributed by atoms with Gasteiger partial charge in [-0.2, -0.15) is 4.31 Å². The summed E-state index contributed by atoms with van der Waals surface area (Å²) in [7, 11) is 0.123. The molecule has 1 saturated carbocycles. The first-order valence-corrected chi connectivity index (χ1v) is 8.84. The Kier molecular flexibility index (Phi) is 3.71. The van der Waals surface area contributed by atoms with E-state index in [1.54, 1.807) is 19.2 Å². The van der Waals surface area contributed by atoms with Gasteiger partial charge in [0.2, 0.25) is 10.0 Å². The zero-order valence-electron chi connectivity index (χ0n) is 12.5. The molecule has 1 aromatic carbocycles. The van der Waals surface area contributed by atoms with Gasteiger partial charge in [0, 0.05) is 32.4 Å². The molecule has 0 spiro atoms. The van der Waals surface area contributed by atoms with Crippen molar-refractivity contribution in [2.75, 3.05) is 25.5 Å². The number of fused-ring (bicyclic) bond motifs is 1. The molecule has 0 unspecified atom stereocenters. The smallest absolute Gasteiger partial charge is 0.243 e. The van der Waals surface area contributed by atoms with Crippen molar-refractivity contribution < 1.29 is 13.5 Å². The molecule has 1 aliphatic heterocycles. The monoisotopic (exact) mass is 310 g/mol. The van der Waals surface area contributed by atoms with Crippen LogP contribution in [0.1, 0.15) is 24.8 Å². The quantitative estimate of drug-likeness (QED) is 0.912. The number of aryl methyl sites for hydroxylation is 1. The van der Waals surface area contributed by atoms with Crippen molar-refractivity contribution in [3.8, 4) is 0 Å². The lowest BCUT2D eigenvalue weighted by Gasteiger charge is -2.37. The van der Waals surface area contributed by atoms with Crippen molar-refractivity contribution in [3.63, 3.8) is 0 Å². The number of hydrogen-bond acceptors (Lipinski definition) is 4. The highest BCUT2D eigenvalue weighted by molar-refractivity contribution is 7.89. The summed E-state index contributed by atoms with van der Waals surface area (Å²) in [6, 6.07) is 5.34. The number of aliphatic hydroxyl groups excluding tert-OH is 1. The highest BCUT2D eigenvalue weighted by Crippen LogP contribution is 2.32. The van der Waals surface area contributed by atoms with Crippen LogP contribution in [-0.4, -0.2) is 50.6 Å². The molecule has 21 heavy (non-hydrogen) atoms. The van der Waals surface area contributed by atoms with E-state index >= 15 is 0 Å². The maximum atomic E-state index is 12.7. The predicted octanol–water partition coefficient (Wildman–Crippen LogP) is 1.21. The topological polar surface area (TPSA) is 60.9 Å². The van der Waals surface area contributed by atoms with E-state index in [1.807, 2.05) is 13.1 Å². The number of benzene rings is 1. The number of sulfonamides is 1. The second-order valence-electron chi connectivity index (χ2n) is 6.12. The van der Waals surface area contributed by atoms with Crippen molar-refractivity contribution >= 4 is 15.7 Å². The largest absolute Gasteiger partial charge is 0.393 e. The molecule has 0 radical (unpaired) electrons. The first kappa shape index (κ1) is 14.8. The number of aliphatic hydroxyl groups is 1. The third-order valence-electron chi connectivity index (χ3n) is 4.69. The molecule has 0 atom stereocenters. The lowest BCUT2D eigenvalue weighted by Crippen LogP contribution is -2.47. The van der Waals surface area contributed by atoms with Gasteiger partial charge in [0.15, 0.2) is 0 Å². The number of nitrogens with zero attached hydrogens (tertiary/aromatic N) is 2. The molecule has 0 saturated heterocycles. The molecule has 1 fully saturated rings. The molecular formula is C15H22N2O3S. The van der Waals surface area contributed by atoms with Crippen molar-refractivity contribution in [1.82, 2.24) is 4.31 Å². The molecule has 5 nitrogen and oxygen atoms in total. The molecule has 1 aliphatic carbocycles. The molecule has 1 aromatic rings. The van der Waals surface area contributed by atoms with Crippen molar-refractivity contribution in [2.45, 2.75) is 42.7 Å². The van der Waals surface area contributed by atoms with Gasteiger partial charge in [0.05, 0.1) is 11.0 Å². The predicted molar refractivity (Wildman–Crippen MR) is 82.0 cm³/mol. The lowest BCUT2D eigenvalue weighted by molar-refractivity contribution is 0.0396. The third kappa shape index (κ3) is 2.56. The third-order valence-corrected chi connectivity index (χ3v) is 6.59. The minimum Gasteiger partial charge on any atom is -0.393 e. The van der Waals surface area contributed by atoms with Crippen LogP contribution in [0.25, 0.3) is 0 Å². The van der Waals surface area contributed by atoms with Crippen LogP contribution in [0.4, 0.5) is 5.69 Å². The van der Waals surface area contributed by atoms with Gasteiger partial charge in [-0.1, -0.05) is 6.07 Å². The van der Waals surface area contributed by atoms with E-state index in [2.05, 4.69) is 4.90 Å². The SMILES string of the molecule is CN1CCCc2ccc(S(=O)(=O)N(C)C3CC(O)C3)cc21. The van der Waals surface area contributed by atoms with Crippen LogP contribution in [0.15, 0.2) is 23.1 Å². The Morgan fingerprint density at radius 3 is 2.71 bits per heavy atom. The second kappa shape index (κ2) is 5.26. The maximum Gasteiger partial charge on any atom is 0.243 e. The Morgan fingerprint density at radius 1 is 1.33 bits per heavy atom. The molecule has 3 rings (SSSR count). The molecule has 1 N–H and O–H groups in total. The van der Waals surface area contributed by atoms with Gasteiger partial charge in [-0.15, -0.1) is 0 Å². The summed E-state index contributed by atoms with van der Waals surface area (Å²) in [6.45, 7) is 0.959. The number of hydrogen-bond donors (Lipinski definition) is 1. The van der Waals surface area contributed by atoms with Gasteiger partial charge >= 0.3 is 0 Å². The molecule has 6 heteroatoms. The number of anilines is 1. The Balaban J connectivity index is 1.90. The van der Waals surface area contributed by atoms with E-state index in [1.165, 1.54) is 9.87 Å². The molecule has 0 bridgehead atoms. The van der Waals surface area contributed by atoms with E-state index in [0.29, 0.717) is 17.7 Å². The van der Waals surface area contributed by atoms with Gasteiger partial charge in [-0.25, -0.2) is 8.42 Å². The highest BCUT2D eigenvalue weighted by atomic mass is 32.2. The summed E-state index contributed by atoms with van der Waals surface area (Å²) in [5, 5.41) is 9.37. The van der Waals surface area contributed by atoms with Crippen LogP contribution in [0.5, 0.6) is 0 Å². The van der Waals surface area contributed by atoms with Crippen LogP contribution in [-0.2, 0) is 16.4 Å². The Labute approximate surface area is 126 Å². The van der Waals surface area contributed by atoms with Gasteiger partial charge in [-0.05, 0) is 43.4 Å². The minimum atomic E-state index is -3.48. The van der Waals surface area contributed by atoms with Crippen LogP contribution in [0.3, 0.4) is 0 Å². The summed E-state index contributed by atoms with van der Waals surface area (Å²) in [4.78, 5) is 2.46. The summed E-state index contributed by atoms with van der Waals surface area (Å²) >= 11 is 0. The normalized spacial score (nSPS) is 25.6. The highest BCUT2D eigenvalue weighted by Gasteiger charge is 2.37. The van der Waals surface area contributed by atoms with Gasteiger partial charge in [0.1, 0.15) is 0 Å². The van der Waals surface area contributed by atoms with E-state index in [9.17, 15) is 13.5 Å². The van der Waals surface area contributed by atoms with E-state index in [4.69, 9.17) is 0 Å². The van der Waals surface area contributed by atoms with E-state index in [0.717, 1.165) is 25.1 Å². The second-order valence-corrected chi connectivity index (χ2v) is 8.11. The van der Waals surface area contributed by atoms with E-state index in [-0.39, 0.29) is 12.1 Å². The standard InChI is InChI=1S/C15H22N2O3S/c1-16-7-3-4-11-5-6-14(10-15(11)16)21(19,20)17(2)12-8-13(18)9-12/h5-6,10,12-13,18H,3-4,7-9H2,1-2H3. The van der Waals surface area contributed by atoms with Crippen LogP contribution >= 0.6 is 0 Å². The summed E-state index contributed by atoms with van der Waals surface area (Å²) in [5.41, 5.74) is 2.23. The Hall–Kier alpha value is -1.11. The van der Waals surface area contributed by atoms with Gasteiger partial charge in [-0.3, -0.25) is 0 Å². The van der Waals surface area contributed by atoms with Gasteiger partial charge in [0.25, 0.3) is 0 Å². The number of rotatable bonds is 3. The first-order chi connectivity index (χ1) is 9.89.